The first kappa shape index (κ1) is 5.82. The Bertz CT molecular complexity index is 315. The van der Waals surface area contributed by atoms with E-state index in [9.17, 15) is 4.79 Å². The van der Waals surface area contributed by atoms with E-state index in [4.69, 9.17) is 0 Å². The van der Waals surface area contributed by atoms with E-state index in [-0.39, 0.29) is 5.52 Å². The quantitative estimate of drug-likeness (QED) is 0.514. The fraction of sp³-hybridized carbons (Fsp3) is 0. The maximum Gasteiger partial charge on any atom is 0.212 e. The summed E-state index contributed by atoms with van der Waals surface area (Å²) >= 11 is 0. The Kier molecular flexibility index (Phi) is 1.18. The molecule has 1 aliphatic rings. The molecule has 0 spiro atoms. The first-order valence-electron chi connectivity index (χ1n) is 3.05. The zero-order valence-corrected chi connectivity index (χ0v) is 6.14. The molecule has 0 amide bonds. The summed E-state index contributed by atoms with van der Waals surface area (Å²) in [6, 6.07) is 7.68. The van der Waals surface area contributed by atoms with E-state index in [1.54, 1.807) is 0 Å². The number of carbonyl (C=O) groups is 1. The number of fused-ring (bicyclic) bond motifs is 1. The molecule has 0 unspecified atom stereocenters. The highest BCUT2D eigenvalue weighted by molar-refractivity contribution is 7.60. The molecule has 0 fully saturated rings. The molecule has 0 radical (unpaired) electrons. The van der Waals surface area contributed by atoms with Crippen LogP contribution in [0.3, 0.4) is 0 Å². The Morgan fingerprint density at radius 3 is 2.80 bits per heavy atom. The number of hydrogen-bond donors (Lipinski definition) is 0. The predicted molar refractivity (Wildman–Crippen MR) is 42.9 cm³/mol. The standard InChI is InChI=1S/C8H5OP/c9-8-7-4-2-1-3-6(7)5-10-8/h1-5H. The smallest absolute Gasteiger partial charge is 0.212 e. The Morgan fingerprint density at radius 1 is 1.20 bits per heavy atom. The molecule has 0 bridgehead atoms. The van der Waals surface area contributed by atoms with Gasteiger partial charge in [0.05, 0.1) is 0 Å². The third-order valence-electron chi connectivity index (χ3n) is 1.51. The van der Waals surface area contributed by atoms with Crippen molar-refractivity contribution < 1.29 is 4.79 Å². The second kappa shape index (κ2) is 2.03. The minimum atomic E-state index is 0.218. The summed E-state index contributed by atoms with van der Waals surface area (Å²) in [6.07, 6.45) is 0. The van der Waals surface area contributed by atoms with Crippen LogP contribution in [0.1, 0.15) is 15.9 Å². The van der Waals surface area contributed by atoms with Crippen molar-refractivity contribution in [2.75, 3.05) is 0 Å². The van der Waals surface area contributed by atoms with Crippen LogP contribution in [0, 0.1) is 0 Å². The molecule has 1 heterocycles. The van der Waals surface area contributed by atoms with Crippen LogP contribution >= 0.6 is 8.20 Å². The molecule has 0 aromatic heterocycles. The van der Waals surface area contributed by atoms with Gasteiger partial charge < -0.3 is 0 Å². The zero-order chi connectivity index (χ0) is 6.97. The van der Waals surface area contributed by atoms with Crippen molar-refractivity contribution >= 4 is 19.5 Å². The van der Waals surface area contributed by atoms with Crippen molar-refractivity contribution in [2.45, 2.75) is 0 Å². The van der Waals surface area contributed by atoms with Crippen LogP contribution in [0.15, 0.2) is 24.3 Å². The van der Waals surface area contributed by atoms with Crippen molar-refractivity contribution in [1.82, 2.24) is 0 Å². The largest absolute Gasteiger partial charge is 0.284 e. The maximum absolute atomic E-state index is 11.0. The molecule has 0 N–H and O–H groups in total. The highest BCUT2D eigenvalue weighted by Crippen LogP contribution is 2.21. The molecule has 48 valence electrons. The summed E-state index contributed by atoms with van der Waals surface area (Å²) in [4.78, 5) is 11.0. The first-order valence-corrected chi connectivity index (χ1v) is 4.02. The van der Waals surface area contributed by atoms with E-state index in [1.807, 2.05) is 30.1 Å². The molecule has 0 saturated heterocycles. The Labute approximate surface area is 60.5 Å². The molecule has 1 nitrogen and oxygen atoms in total. The number of benzene rings is 1. The number of carbonyl (C=O) groups excluding carboxylic acids is 1. The van der Waals surface area contributed by atoms with Crippen LogP contribution in [0.5, 0.6) is 0 Å². The maximum atomic E-state index is 11.0. The number of rotatable bonds is 0. The van der Waals surface area contributed by atoms with E-state index in [0.29, 0.717) is 0 Å². The molecule has 1 aromatic carbocycles. The third kappa shape index (κ3) is 0.714. The summed E-state index contributed by atoms with van der Waals surface area (Å²) < 4.78 is 0. The minimum absolute atomic E-state index is 0.218. The van der Waals surface area contributed by atoms with Gasteiger partial charge in [-0.2, -0.15) is 0 Å². The monoisotopic (exact) mass is 148 g/mol. The second-order valence-electron chi connectivity index (χ2n) is 2.15. The Hall–Kier alpha value is -0.940. The summed E-state index contributed by atoms with van der Waals surface area (Å²) in [6.45, 7) is 0. The SMILES string of the molecule is O=C1P=Cc2ccccc21. The van der Waals surface area contributed by atoms with Crippen molar-refractivity contribution in [2.24, 2.45) is 0 Å². The number of hydrogen-bond acceptors (Lipinski definition) is 1. The Balaban J connectivity index is 2.70. The average molecular weight is 148 g/mol. The summed E-state index contributed by atoms with van der Waals surface area (Å²) in [7, 11) is 0.809. The lowest BCUT2D eigenvalue weighted by Gasteiger charge is -1.91. The molecule has 2 rings (SSSR count). The predicted octanol–water partition coefficient (Wildman–Crippen LogP) is 1.94. The molecule has 0 saturated carbocycles. The summed E-state index contributed by atoms with van der Waals surface area (Å²) in [5, 5.41) is 0. The zero-order valence-electron chi connectivity index (χ0n) is 5.24. The molecule has 2 heteroatoms. The lowest BCUT2D eigenvalue weighted by molar-refractivity contribution is 0.108. The molecule has 0 atom stereocenters. The molecule has 0 aliphatic carbocycles. The van der Waals surface area contributed by atoms with Crippen molar-refractivity contribution in [3.05, 3.63) is 35.4 Å². The third-order valence-corrected chi connectivity index (χ3v) is 2.39. The normalized spacial score (nSPS) is 15.4. The van der Waals surface area contributed by atoms with Crippen LogP contribution in [0.4, 0.5) is 0 Å². The van der Waals surface area contributed by atoms with E-state index >= 15 is 0 Å². The fourth-order valence-electron chi connectivity index (χ4n) is 1.00. The van der Waals surface area contributed by atoms with Crippen LogP contribution in [-0.2, 0) is 0 Å². The first-order chi connectivity index (χ1) is 4.88. The highest BCUT2D eigenvalue weighted by atomic mass is 31.1. The van der Waals surface area contributed by atoms with Crippen molar-refractivity contribution in [1.29, 1.82) is 0 Å². The van der Waals surface area contributed by atoms with Crippen molar-refractivity contribution in [3.8, 4) is 0 Å². The van der Waals surface area contributed by atoms with Gasteiger partial charge in [0.15, 0.2) is 0 Å². The highest BCUT2D eigenvalue weighted by Gasteiger charge is 2.11. The van der Waals surface area contributed by atoms with Gasteiger partial charge in [-0.3, -0.25) is 4.79 Å². The van der Waals surface area contributed by atoms with E-state index < -0.39 is 0 Å². The lowest BCUT2D eigenvalue weighted by atomic mass is 10.1. The van der Waals surface area contributed by atoms with Gasteiger partial charge in [0.25, 0.3) is 0 Å². The molecule has 1 aliphatic heterocycles. The molecule has 10 heavy (non-hydrogen) atoms. The van der Waals surface area contributed by atoms with Crippen LogP contribution < -0.4 is 0 Å². The summed E-state index contributed by atoms with van der Waals surface area (Å²) in [5.41, 5.74) is 2.16. The van der Waals surface area contributed by atoms with Crippen molar-refractivity contribution in [3.63, 3.8) is 0 Å². The minimum Gasteiger partial charge on any atom is -0.284 e. The van der Waals surface area contributed by atoms with Gasteiger partial charge in [0.2, 0.25) is 5.52 Å². The van der Waals surface area contributed by atoms with Crippen LogP contribution in [0.25, 0.3) is 0 Å². The van der Waals surface area contributed by atoms with Crippen LogP contribution in [-0.4, -0.2) is 11.3 Å². The Morgan fingerprint density at radius 2 is 2.00 bits per heavy atom. The summed E-state index contributed by atoms with van der Waals surface area (Å²) in [5.74, 6) is 1.94. The molecular weight excluding hydrogens is 143 g/mol. The van der Waals surface area contributed by atoms with E-state index in [0.717, 1.165) is 19.3 Å². The van der Waals surface area contributed by atoms with Gasteiger partial charge in [-0.25, -0.2) is 0 Å². The van der Waals surface area contributed by atoms with Gasteiger partial charge in [0.1, 0.15) is 0 Å². The molecular formula is C8H5OP. The second-order valence-corrected chi connectivity index (χ2v) is 3.07. The van der Waals surface area contributed by atoms with Gasteiger partial charge in [-0.05, 0) is 19.6 Å². The van der Waals surface area contributed by atoms with E-state index in [2.05, 4.69) is 0 Å². The van der Waals surface area contributed by atoms with E-state index in [1.165, 1.54) is 0 Å². The van der Waals surface area contributed by atoms with Crippen LogP contribution in [0.2, 0.25) is 0 Å². The molecule has 1 aromatic rings. The van der Waals surface area contributed by atoms with Gasteiger partial charge in [-0.1, -0.05) is 24.3 Å². The van der Waals surface area contributed by atoms with Gasteiger partial charge >= 0.3 is 0 Å². The lowest BCUT2D eigenvalue weighted by Crippen LogP contribution is -1.87. The topological polar surface area (TPSA) is 17.1 Å². The average Bonchev–Trinajstić information content (AvgIpc) is 2.34. The van der Waals surface area contributed by atoms with Gasteiger partial charge in [0, 0.05) is 5.56 Å². The van der Waals surface area contributed by atoms with Gasteiger partial charge in [-0.15, -0.1) is 0 Å². The fourth-order valence-corrected chi connectivity index (χ4v) is 1.83.